The molecule has 1 aliphatic heterocycles. The molecule has 3 nitrogen and oxygen atoms in total. The van der Waals surface area contributed by atoms with E-state index in [0.29, 0.717) is 11.9 Å². The first-order chi connectivity index (χ1) is 9.69. The fourth-order valence-electron chi connectivity index (χ4n) is 2.98. The Bertz CT molecular complexity index is 614. The van der Waals surface area contributed by atoms with Crippen LogP contribution in [0.5, 0.6) is 0 Å². The Kier molecular flexibility index (Phi) is 3.81. The maximum atomic E-state index is 6.01. The Morgan fingerprint density at radius 2 is 2.10 bits per heavy atom. The van der Waals surface area contributed by atoms with Gasteiger partial charge in [0.1, 0.15) is 5.82 Å². The second-order valence-electron chi connectivity index (χ2n) is 5.60. The van der Waals surface area contributed by atoms with Crippen LogP contribution in [0.3, 0.4) is 0 Å². The molecular formula is C16H20ClN3. The number of piperazine rings is 1. The molecule has 3 rings (SSSR count). The molecule has 1 aromatic heterocycles. The number of alkyl halides is 1. The number of likely N-dealkylation sites (N-methyl/N-ethyl adjacent to an activating group) is 1. The number of hydrogen-bond donors (Lipinski definition) is 0. The maximum Gasteiger partial charge on any atom is 0.137 e. The van der Waals surface area contributed by atoms with Gasteiger partial charge in [-0.15, -0.1) is 11.6 Å². The smallest absolute Gasteiger partial charge is 0.137 e. The zero-order valence-corrected chi connectivity index (χ0v) is 12.8. The lowest BCUT2D eigenvalue weighted by Crippen LogP contribution is -2.50. The summed E-state index contributed by atoms with van der Waals surface area (Å²) in [7, 11) is 2.18. The van der Waals surface area contributed by atoms with Gasteiger partial charge in [-0.3, -0.25) is 0 Å². The number of benzene rings is 1. The second-order valence-corrected chi connectivity index (χ2v) is 5.86. The van der Waals surface area contributed by atoms with Crippen LogP contribution >= 0.6 is 11.6 Å². The van der Waals surface area contributed by atoms with E-state index in [-0.39, 0.29) is 0 Å². The molecule has 0 aliphatic carbocycles. The van der Waals surface area contributed by atoms with Crippen molar-refractivity contribution in [3.8, 4) is 0 Å². The molecule has 0 spiro atoms. The van der Waals surface area contributed by atoms with Gasteiger partial charge in [-0.2, -0.15) is 0 Å². The number of rotatable bonds is 2. The maximum absolute atomic E-state index is 6.01. The molecule has 1 fully saturated rings. The summed E-state index contributed by atoms with van der Waals surface area (Å²) in [5, 5.41) is 2.44. The van der Waals surface area contributed by atoms with E-state index in [1.54, 1.807) is 0 Å². The number of hydrogen-bond acceptors (Lipinski definition) is 3. The fraction of sp³-hybridized carbons (Fsp3) is 0.438. The van der Waals surface area contributed by atoms with Crippen molar-refractivity contribution < 1.29 is 0 Å². The summed E-state index contributed by atoms with van der Waals surface area (Å²) in [5.41, 5.74) is 0.950. The molecule has 2 aromatic rings. The van der Waals surface area contributed by atoms with Crippen LogP contribution in [-0.4, -0.2) is 42.6 Å². The molecule has 0 saturated carbocycles. The van der Waals surface area contributed by atoms with Crippen LogP contribution in [0.15, 0.2) is 30.3 Å². The van der Waals surface area contributed by atoms with Crippen LogP contribution in [0.2, 0.25) is 0 Å². The lowest BCUT2D eigenvalue weighted by Gasteiger charge is -2.39. The van der Waals surface area contributed by atoms with Gasteiger partial charge in [-0.05, 0) is 25.4 Å². The Balaban J connectivity index is 2.09. The van der Waals surface area contributed by atoms with Crippen LogP contribution in [0.1, 0.15) is 12.6 Å². The van der Waals surface area contributed by atoms with Gasteiger partial charge in [0.15, 0.2) is 0 Å². The van der Waals surface area contributed by atoms with E-state index in [1.807, 2.05) is 0 Å². The average Bonchev–Trinajstić information content (AvgIpc) is 2.46. The molecule has 1 aliphatic rings. The van der Waals surface area contributed by atoms with Crippen molar-refractivity contribution in [3.63, 3.8) is 0 Å². The second kappa shape index (κ2) is 5.58. The number of halogens is 1. The van der Waals surface area contributed by atoms with Crippen LogP contribution in [0, 0.1) is 0 Å². The largest absolute Gasteiger partial charge is 0.351 e. The summed E-state index contributed by atoms with van der Waals surface area (Å²) in [6, 6.07) is 11.0. The van der Waals surface area contributed by atoms with Gasteiger partial charge in [0, 0.05) is 31.1 Å². The molecule has 2 heterocycles. The highest BCUT2D eigenvalue weighted by atomic mass is 35.5. The Hall–Kier alpha value is -1.32. The van der Waals surface area contributed by atoms with Gasteiger partial charge in [0.25, 0.3) is 0 Å². The van der Waals surface area contributed by atoms with Gasteiger partial charge >= 0.3 is 0 Å². The van der Waals surface area contributed by atoms with Crippen LogP contribution in [0.25, 0.3) is 10.8 Å². The average molecular weight is 290 g/mol. The Morgan fingerprint density at radius 1 is 1.30 bits per heavy atom. The van der Waals surface area contributed by atoms with Crippen molar-refractivity contribution in [2.75, 3.05) is 31.6 Å². The first-order valence-electron chi connectivity index (χ1n) is 7.09. The fourth-order valence-corrected chi connectivity index (χ4v) is 3.11. The highest BCUT2D eigenvalue weighted by Crippen LogP contribution is 2.28. The normalized spacial score (nSPS) is 20.6. The summed E-state index contributed by atoms with van der Waals surface area (Å²) in [5.74, 6) is 1.54. The van der Waals surface area contributed by atoms with Crippen LogP contribution in [0.4, 0.5) is 5.82 Å². The minimum atomic E-state index is 0.458. The van der Waals surface area contributed by atoms with Gasteiger partial charge < -0.3 is 9.80 Å². The topological polar surface area (TPSA) is 19.4 Å². The summed E-state index contributed by atoms with van der Waals surface area (Å²) in [4.78, 5) is 9.58. The van der Waals surface area contributed by atoms with Gasteiger partial charge in [-0.1, -0.05) is 24.3 Å². The molecule has 4 heteroatoms. The van der Waals surface area contributed by atoms with Crippen molar-refractivity contribution in [2.45, 2.75) is 18.8 Å². The summed E-state index contributed by atoms with van der Waals surface area (Å²) < 4.78 is 0. The molecule has 0 N–H and O–H groups in total. The van der Waals surface area contributed by atoms with Crippen LogP contribution in [-0.2, 0) is 5.88 Å². The van der Waals surface area contributed by atoms with E-state index in [4.69, 9.17) is 16.6 Å². The number of fused-ring (bicyclic) bond motifs is 1. The number of anilines is 1. The van der Waals surface area contributed by atoms with E-state index in [0.717, 1.165) is 31.1 Å². The molecule has 1 aromatic carbocycles. The molecule has 1 atom stereocenters. The third-order valence-electron chi connectivity index (χ3n) is 4.01. The quantitative estimate of drug-likeness (QED) is 0.792. The van der Waals surface area contributed by atoms with Crippen molar-refractivity contribution >= 4 is 28.2 Å². The zero-order chi connectivity index (χ0) is 14.1. The van der Waals surface area contributed by atoms with E-state index in [9.17, 15) is 0 Å². The predicted octanol–water partition coefficient (Wildman–Crippen LogP) is 3.11. The molecule has 0 radical (unpaired) electrons. The predicted molar refractivity (Wildman–Crippen MR) is 85.6 cm³/mol. The van der Waals surface area contributed by atoms with Crippen molar-refractivity contribution in [3.05, 3.63) is 36.0 Å². The van der Waals surface area contributed by atoms with Crippen molar-refractivity contribution in [1.29, 1.82) is 0 Å². The van der Waals surface area contributed by atoms with E-state index < -0.39 is 0 Å². The van der Waals surface area contributed by atoms with E-state index >= 15 is 0 Å². The Labute approximate surface area is 125 Å². The summed E-state index contributed by atoms with van der Waals surface area (Å²) >= 11 is 6.01. The zero-order valence-electron chi connectivity index (χ0n) is 12.0. The standard InChI is InChI=1S/C16H20ClN3/c1-12-11-19(2)7-8-20(12)16-15-6-4-3-5-13(15)9-14(10-17)18-16/h3-6,9,12H,7-8,10-11H2,1-2H3. The Morgan fingerprint density at radius 3 is 2.85 bits per heavy atom. The first-order valence-corrected chi connectivity index (χ1v) is 7.62. The summed E-state index contributed by atoms with van der Waals surface area (Å²) in [6.45, 7) is 5.42. The molecule has 20 heavy (non-hydrogen) atoms. The lowest BCUT2D eigenvalue weighted by atomic mass is 10.1. The molecule has 1 saturated heterocycles. The number of pyridine rings is 1. The molecule has 0 amide bonds. The lowest BCUT2D eigenvalue weighted by molar-refractivity contribution is 0.275. The van der Waals surface area contributed by atoms with E-state index in [2.05, 4.69) is 54.1 Å². The number of nitrogens with zero attached hydrogens (tertiary/aromatic N) is 3. The van der Waals surface area contributed by atoms with Crippen LogP contribution < -0.4 is 4.90 Å². The van der Waals surface area contributed by atoms with Gasteiger partial charge in [-0.25, -0.2) is 4.98 Å². The third-order valence-corrected chi connectivity index (χ3v) is 4.29. The number of aromatic nitrogens is 1. The van der Waals surface area contributed by atoms with Gasteiger partial charge in [0.2, 0.25) is 0 Å². The minimum absolute atomic E-state index is 0.458. The molecule has 0 bridgehead atoms. The SMILES string of the molecule is CC1CN(C)CCN1c1nc(CCl)cc2ccccc12. The van der Waals surface area contributed by atoms with E-state index in [1.165, 1.54) is 10.8 Å². The van der Waals surface area contributed by atoms with Crippen molar-refractivity contribution in [1.82, 2.24) is 9.88 Å². The first kappa shape index (κ1) is 13.7. The monoisotopic (exact) mass is 289 g/mol. The highest BCUT2D eigenvalue weighted by molar-refractivity contribution is 6.17. The van der Waals surface area contributed by atoms with Crippen molar-refractivity contribution in [2.24, 2.45) is 0 Å². The molecule has 106 valence electrons. The summed E-state index contributed by atoms with van der Waals surface area (Å²) in [6.07, 6.45) is 0. The highest BCUT2D eigenvalue weighted by Gasteiger charge is 2.24. The van der Waals surface area contributed by atoms with Gasteiger partial charge in [0.05, 0.1) is 11.6 Å². The third kappa shape index (κ3) is 2.48. The molecular weight excluding hydrogens is 270 g/mol. The minimum Gasteiger partial charge on any atom is -0.351 e. The molecule has 1 unspecified atom stereocenters.